The average molecular weight is 506 g/mol. The van der Waals surface area contributed by atoms with E-state index in [1.807, 2.05) is 36.2 Å². The van der Waals surface area contributed by atoms with Crippen molar-refractivity contribution >= 4 is 35.1 Å². The Morgan fingerprint density at radius 1 is 1.08 bits per heavy atom. The van der Waals surface area contributed by atoms with E-state index in [0.29, 0.717) is 44.4 Å². The molecule has 0 aliphatic carbocycles. The van der Waals surface area contributed by atoms with Crippen molar-refractivity contribution in [3.63, 3.8) is 0 Å². The number of likely N-dealkylation sites (N-methyl/N-ethyl adjacent to an activating group) is 1. The number of nitrogens with zero attached hydrogens (tertiary/aromatic N) is 8. The zero-order valence-electron chi connectivity index (χ0n) is 20.9. The molecule has 5 rings (SSSR count). The SMILES string of the molecule is CN1CCN([C@@H]2CCCN(c3cnc(C#N)c(Nc4ccc(N5CCN(C(=O)O)CC5)cc4)n3)C2)C1=O. The summed E-state index contributed by atoms with van der Waals surface area (Å²) in [5.74, 6) is 1.07. The van der Waals surface area contributed by atoms with Crippen LogP contribution in [0.5, 0.6) is 0 Å². The lowest BCUT2D eigenvalue weighted by Gasteiger charge is -2.37. The molecular formula is C25H31N9O3. The van der Waals surface area contributed by atoms with E-state index in [9.17, 15) is 14.9 Å². The van der Waals surface area contributed by atoms with Crippen LogP contribution in [0.25, 0.3) is 0 Å². The van der Waals surface area contributed by atoms with E-state index in [4.69, 9.17) is 10.1 Å². The van der Waals surface area contributed by atoms with E-state index in [1.54, 1.807) is 11.1 Å². The van der Waals surface area contributed by atoms with Crippen molar-refractivity contribution in [1.82, 2.24) is 24.7 Å². The first-order chi connectivity index (χ1) is 17.9. The monoisotopic (exact) mass is 505 g/mol. The molecule has 12 nitrogen and oxygen atoms in total. The van der Waals surface area contributed by atoms with Gasteiger partial charge in [-0.3, -0.25) is 0 Å². The standard InChI is InChI=1S/C25H31N9O3/c1-30-9-14-34(24(30)35)20-3-2-8-33(17-20)22-16-27-21(15-26)23(29-22)28-18-4-6-19(7-5-18)31-10-12-32(13-11-31)25(36)37/h4-7,16,20H,2-3,8-14,17H2,1H3,(H,28,29)(H,36,37)/t20-/m1/s1. The molecule has 194 valence electrons. The minimum atomic E-state index is -0.881. The lowest BCUT2D eigenvalue weighted by atomic mass is 10.0. The molecule has 3 fully saturated rings. The van der Waals surface area contributed by atoms with E-state index in [-0.39, 0.29) is 17.8 Å². The first-order valence-electron chi connectivity index (χ1n) is 12.6. The molecule has 3 amide bonds. The van der Waals surface area contributed by atoms with Gasteiger partial charge in [0.15, 0.2) is 11.5 Å². The summed E-state index contributed by atoms with van der Waals surface area (Å²) in [4.78, 5) is 42.1. The van der Waals surface area contributed by atoms with Crippen molar-refractivity contribution in [2.75, 3.05) is 74.5 Å². The molecule has 37 heavy (non-hydrogen) atoms. The Kier molecular flexibility index (Phi) is 6.85. The third-order valence-corrected chi connectivity index (χ3v) is 7.32. The molecule has 0 bridgehead atoms. The molecule has 1 aromatic carbocycles. The van der Waals surface area contributed by atoms with Gasteiger partial charge in [-0.25, -0.2) is 19.6 Å². The lowest BCUT2D eigenvalue weighted by Crippen LogP contribution is -2.49. The zero-order chi connectivity index (χ0) is 25.9. The number of hydrogen-bond donors (Lipinski definition) is 2. The van der Waals surface area contributed by atoms with Crippen LogP contribution in [0.1, 0.15) is 18.5 Å². The van der Waals surface area contributed by atoms with Gasteiger partial charge in [-0.05, 0) is 37.1 Å². The Morgan fingerprint density at radius 3 is 2.49 bits per heavy atom. The maximum absolute atomic E-state index is 12.5. The number of urea groups is 1. The molecular weight excluding hydrogens is 474 g/mol. The Bertz CT molecular complexity index is 1190. The number of benzene rings is 1. The van der Waals surface area contributed by atoms with Gasteiger partial charge in [0.2, 0.25) is 0 Å². The van der Waals surface area contributed by atoms with Crippen LogP contribution in [0.4, 0.5) is 32.6 Å². The minimum Gasteiger partial charge on any atom is -0.465 e. The van der Waals surface area contributed by atoms with Gasteiger partial charge in [-0.1, -0.05) is 0 Å². The number of amides is 3. The van der Waals surface area contributed by atoms with Gasteiger partial charge in [-0.2, -0.15) is 5.26 Å². The number of aromatic nitrogens is 2. The second-order valence-electron chi connectivity index (χ2n) is 9.61. The van der Waals surface area contributed by atoms with Crippen LogP contribution in [-0.2, 0) is 0 Å². The lowest BCUT2D eigenvalue weighted by molar-refractivity contribution is 0.142. The first kappa shape index (κ1) is 24.4. The summed E-state index contributed by atoms with van der Waals surface area (Å²) in [6.07, 6.45) is 2.66. The smallest absolute Gasteiger partial charge is 0.407 e. The molecule has 0 radical (unpaired) electrons. The molecule has 0 saturated carbocycles. The van der Waals surface area contributed by atoms with Crippen molar-refractivity contribution in [2.45, 2.75) is 18.9 Å². The van der Waals surface area contributed by atoms with Crippen LogP contribution in [0, 0.1) is 11.3 Å². The number of carbonyl (C=O) groups excluding carboxylic acids is 1. The summed E-state index contributed by atoms with van der Waals surface area (Å²) in [6.45, 7) is 5.22. The first-order valence-corrected chi connectivity index (χ1v) is 12.6. The molecule has 0 spiro atoms. The predicted molar refractivity (Wildman–Crippen MR) is 138 cm³/mol. The van der Waals surface area contributed by atoms with Gasteiger partial charge in [-0.15, -0.1) is 0 Å². The third-order valence-electron chi connectivity index (χ3n) is 7.32. The van der Waals surface area contributed by atoms with Crippen molar-refractivity contribution < 1.29 is 14.7 Å². The van der Waals surface area contributed by atoms with Gasteiger partial charge < -0.3 is 34.9 Å². The van der Waals surface area contributed by atoms with Crippen molar-refractivity contribution in [3.8, 4) is 6.07 Å². The number of carbonyl (C=O) groups is 2. The van der Waals surface area contributed by atoms with Gasteiger partial charge in [0.1, 0.15) is 11.9 Å². The normalized spacial score (nSPS) is 20.3. The highest BCUT2D eigenvalue weighted by Gasteiger charge is 2.34. The molecule has 3 aliphatic rings. The predicted octanol–water partition coefficient (Wildman–Crippen LogP) is 2.23. The minimum absolute atomic E-state index is 0.0762. The summed E-state index contributed by atoms with van der Waals surface area (Å²) in [5, 5.41) is 22.0. The van der Waals surface area contributed by atoms with E-state index >= 15 is 0 Å². The fraction of sp³-hybridized carbons (Fsp3) is 0.480. The maximum Gasteiger partial charge on any atom is 0.407 e. The summed E-state index contributed by atoms with van der Waals surface area (Å²) >= 11 is 0. The summed E-state index contributed by atoms with van der Waals surface area (Å²) in [6, 6.07) is 10.1. The van der Waals surface area contributed by atoms with Crippen molar-refractivity contribution in [3.05, 3.63) is 36.2 Å². The number of anilines is 4. The molecule has 12 heteroatoms. The van der Waals surface area contributed by atoms with Crippen molar-refractivity contribution in [1.29, 1.82) is 5.26 Å². The third kappa shape index (κ3) is 5.16. The summed E-state index contributed by atoms with van der Waals surface area (Å²) in [5.41, 5.74) is 2.00. The number of piperazine rings is 1. The number of piperidine rings is 1. The van der Waals surface area contributed by atoms with Crippen LogP contribution in [0.3, 0.4) is 0 Å². The molecule has 0 unspecified atom stereocenters. The van der Waals surface area contributed by atoms with Gasteiger partial charge in [0, 0.05) is 70.8 Å². The Hall–Kier alpha value is -4.27. The second-order valence-corrected chi connectivity index (χ2v) is 9.61. The zero-order valence-corrected chi connectivity index (χ0v) is 20.9. The fourth-order valence-electron chi connectivity index (χ4n) is 5.17. The fourth-order valence-corrected chi connectivity index (χ4v) is 5.17. The van der Waals surface area contributed by atoms with Crippen LogP contribution >= 0.6 is 0 Å². The highest BCUT2D eigenvalue weighted by Crippen LogP contribution is 2.27. The number of nitriles is 1. The maximum atomic E-state index is 12.5. The van der Waals surface area contributed by atoms with E-state index < -0.39 is 6.09 Å². The summed E-state index contributed by atoms with van der Waals surface area (Å²) in [7, 11) is 1.83. The van der Waals surface area contributed by atoms with Gasteiger partial charge in [0.25, 0.3) is 0 Å². The van der Waals surface area contributed by atoms with Crippen LogP contribution in [0.15, 0.2) is 30.5 Å². The Morgan fingerprint density at radius 2 is 1.84 bits per heavy atom. The van der Waals surface area contributed by atoms with E-state index in [1.165, 1.54) is 4.90 Å². The molecule has 3 aliphatic heterocycles. The number of rotatable bonds is 5. The number of nitrogens with one attached hydrogen (secondary N) is 1. The van der Waals surface area contributed by atoms with E-state index in [0.717, 1.165) is 43.9 Å². The average Bonchev–Trinajstić information content (AvgIpc) is 3.27. The second kappa shape index (κ2) is 10.4. The molecule has 4 heterocycles. The van der Waals surface area contributed by atoms with Crippen molar-refractivity contribution in [2.24, 2.45) is 0 Å². The van der Waals surface area contributed by atoms with Crippen LogP contribution in [0.2, 0.25) is 0 Å². The summed E-state index contributed by atoms with van der Waals surface area (Å²) < 4.78 is 0. The highest BCUT2D eigenvalue weighted by atomic mass is 16.4. The Labute approximate surface area is 215 Å². The molecule has 1 atom stereocenters. The highest BCUT2D eigenvalue weighted by molar-refractivity contribution is 5.76. The molecule has 3 saturated heterocycles. The van der Waals surface area contributed by atoms with Crippen LogP contribution < -0.4 is 15.1 Å². The molecule has 1 aromatic heterocycles. The van der Waals surface area contributed by atoms with Gasteiger partial charge in [0.05, 0.1) is 12.2 Å². The number of carboxylic acid groups (broad SMARTS) is 1. The molecule has 2 N–H and O–H groups in total. The van der Waals surface area contributed by atoms with Gasteiger partial charge >= 0.3 is 12.1 Å². The Balaban J connectivity index is 1.27. The van der Waals surface area contributed by atoms with E-state index in [2.05, 4.69) is 26.2 Å². The topological polar surface area (TPSA) is 132 Å². The van der Waals surface area contributed by atoms with Crippen LogP contribution in [-0.4, -0.2) is 107 Å². The molecule has 2 aromatic rings. The quantitative estimate of drug-likeness (QED) is 0.628. The largest absolute Gasteiger partial charge is 0.465 e. The number of hydrogen-bond acceptors (Lipinski definition) is 8.